The van der Waals surface area contributed by atoms with Crippen molar-refractivity contribution in [1.29, 1.82) is 0 Å². The van der Waals surface area contributed by atoms with Crippen molar-refractivity contribution in [2.45, 2.75) is 64.6 Å². The van der Waals surface area contributed by atoms with E-state index in [4.69, 9.17) is 5.73 Å². The zero-order valence-electron chi connectivity index (χ0n) is 18.3. The highest BCUT2D eigenvalue weighted by Crippen LogP contribution is 2.46. The standard InChI is InChI=1S/C22H25F4N5O2/c1-11(12(2)13-5-3-4-8-21(23,24)10-13)9-16-28-19-14-6-7-15-18(33-22(25,26)32-15)17(14)29-20(27)31(19)30-16/h6-7,11-13H,3-5,8-10H2,1-2H3,(H2,27,29). The Balaban J connectivity index is 1.44. The van der Waals surface area contributed by atoms with Crippen LogP contribution in [0.5, 0.6) is 11.5 Å². The van der Waals surface area contributed by atoms with Crippen LogP contribution in [0.2, 0.25) is 0 Å². The third-order valence-electron chi connectivity index (χ3n) is 6.95. The summed E-state index contributed by atoms with van der Waals surface area (Å²) in [7, 11) is 0. The normalized spacial score (nSPS) is 23.5. The molecule has 0 spiro atoms. The number of fused-ring (bicyclic) bond motifs is 5. The second-order valence-corrected chi connectivity index (χ2v) is 9.30. The van der Waals surface area contributed by atoms with E-state index in [-0.39, 0.29) is 53.6 Å². The van der Waals surface area contributed by atoms with Crippen LogP contribution in [-0.2, 0) is 6.42 Å². The van der Waals surface area contributed by atoms with Crippen LogP contribution in [0.25, 0.3) is 16.6 Å². The molecule has 1 aliphatic heterocycles. The number of hydrogen-bond donors (Lipinski definition) is 1. The Morgan fingerprint density at radius 2 is 1.94 bits per heavy atom. The van der Waals surface area contributed by atoms with E-state index >= 15 is 0 Å². The molecule has 2 N–H and O–H groups in total. The van der Waals surface area contributed by atoms with Crippen LogP contribution >= 0.6 is 0 Å². The molecule has 0 bridgehead atoms. The van der Waals surface area contributed by atoms with Gasteiger partial charge in [0.2, 0.25) is 11.9 Å². The Labute approximate surface area is 187 Å². The molecule has 0 amide bonds. The molecule has 2 aliphatic rings. The van der Waals surface area contributed by atoms with E-state index in [9.17, 15) is 17.6 Å². The summed E-state index contributed by atoms with van der Waals surface area (Å²) in [6, 6.07) is 2.92. The van der Waals surface area contributed by atoms with Gasteiger partial charge in [-0.1, -0.05) is 20.3 Å². The Morgan fingerprint density at radius 3 is 2.73 bits per heavy atom. The number of nitrogens with two attached hydrogens (primary N) is 1. The summed E-state index contributed by atoms with van der Waals surface area (Å²) in [5.41, 5.74) is 6.50. The van der Waals surface area contributed by atoms with E-state index in [0.717, 1.165) is 12.8 Å². The maximum Gasteiger partial charge on any atom is 0.586 e. The molecule has 5 rings (SSSR count). The molecule has 3 aromatic rings. The lowest BCUT2D eigenvalue weighted by Crippen LogP contribution is -2.26. The third-order valence-corrected chi connectivity index (χ3v) is 6.95. The molecular weight excluding hydrogens is 442 g/mol. The fraction of sp³-hybridized carbons (Fsp3) is 0.591. The highest BCUT2D eigenvalue weighted by Gasteiger charge is 2.45. The van der Waals surface area contributed by atoms with E-state index in [1.165, 1.54) is 10.6 Å². The predicted molar refractivity (Wildman–Crippen MR) is 112 cm³/mol. The molecule has 3 atom stereocenters. The minimum atomic E-state index is -3.78. The van der Waals surface area contributed by atoms with Gasteiger partial charge in [-0.25, -0.2) is 18.7 Å². The highest BCUT2D eigenvalue weighted by atomic mass is 19.3. The number of alkyl halides is 4. The topological polar surface area (TPSA) is 87.6 Å². The zero-order chi connectivity index (χ0) is 23.5. The monoisotopic (exact) mass is 467 g/mol. The van der Waals surface area contributed by atoms with Crippen LogP contribution < -0.4 is 15.2 Å². The second-order valence-electron chi connectivity index (χ2n) is 9.30. The largest absolute Gasteiger partial charge is 0.586 e. The molecule has 1 fully saturated rings. The van der Waals surface area contributed by atoms with Crippen LogP contribution in [0.4, 0.5) is 23.5 Å². The summed E-state index contributed by atoms with van der Waals surface area (Å²) in [6.45, 7) is 4.03. The van der Waals surface area contributed by atoms with Crippen molar-refractivity contribution in [2.75, 3.05) is 5.73 Å². The SMILES string of the molecule is CC(Cc1nc2c3ccc4c(c3nc(N)n2n1)OC(F)(F)O4)C(C)C1CCCCC(F)(F)C1. The predicted octanol–water partition coefficient (Wildman–Crippen LogP) is 5.21. The average molecular weight is 467 g/mol. The van der Waals surface area contributed by atoms with Gasteiger partial charge < -0.3 is 15.2 Å². The summed E-state index contributed by atoms with van der Waals surface area (Å²) in [5.74, 6) is -2.45. The van der Waals surface area contributed by atoms with E-state index in [0.29, 0.717) is 29.7 Å². The number of ether oxygens (including phenoxy) is 2. The van der Waals surface area contributed by atoms with E-state index in [1.54, 1.807) is 6.07 Å². The van der Waals surface area contributed by atoms with Gasteiger partial charge in [0.1, 0.15) is 5.52 Å². The number of halogens is 4. The lowest BCUT2D eigenvalue weighted by atomic mass is 9.78. The Hall–Kier alpha value is -2.85. The van der Waals surface area contributed by atoms with Gasteiger partial charge >= 0.3 is 6.29 Å². The molecule has 3 unspecified atom stereocenters. The molecule has 0 radical (unpaired) electrons. The van der Waals surface area contributed by atoms with Crippen LogP contribution in [-0.4, -0.2) is 31.8 Å². The molecule has 1 aromatic carbocycles. The van der Waals surface area contributed by atoms with Crippen molar-refractivity contribution in [3.63, 3.8) is 0 Å². The summed E-state index contributed by atoms with van der Waals surface area (Å²) < 4.78 is 65.8. The maximum absolute atomic E-state index is 14.1. The molecule has 1 aliphatic carbocycles. The van der Waals surface area contributed by atoms with E-state index in [2.05, 4.69) is 24.5 Å². The summed E-state index contributed by atoms with van der Waals surface area (Å²) >= 11 is 0. The van der Waals surface area contributed by atoms with Crippen molar-refractivity contribution >= 4 is 22.5 Å². The van der Waals surface area contributed by atoms with Crippen LogP contribution in [0.3, 0.4) is 0 Å². The van der Waals surface area contributed by atoms with Crippen molar-refractivity contribution in [3.8, 4) is 11.5 Å². The Bertz CT molecular complexity index is 1210. The Morgan fingerprint density at radius 1 is 1.15 bits per heavy atom. The van der Waals surface area contributed by atoms with Gasteiger partial charge in [-0.05, 0) is 42.7 Å². The van der Waals surface area contributed by atoms with Crippen molar-refractivity contribution in [3.05, 3.63) is 18.0 Å². The van der Waals surface area contributed by atoms with E-state index < -0.39 is 12.2 Å². The van der Waals surface area contributed by atoms with Gasteiger partial charge in [0.15, 0.2) is 23.0 Å². The number of benzene rings is 1. The smallest absolute Gasteiger partial charge is 0.395 e. The first-order chi connectivity index (χ1) is 15.5. The fourth-order valence-electron chi connectivity index (χ4n) is 4.99. The zero-order valence-corrected chi connectivity index (χ0v) is 18.3. The third kappa shape index (κ3) is 4.02. The molecule has 178 valence electrons. The lowest BCUT2D eigenvalue weighted by Gasteiger charge is -2.29. The molecule has 2 aromatic heterocycles. The average Bonchev–Trinajstić information content (AvgIpc) is 3.23. The minimum absolute atomic E-state index is 0.0346. The first kappa shape index (κ1) is 22.0. The van der Waals surface area contributed by atoms with Gasteiger partial charge in [-0.3, -0.25) is 0 Å². The van der Waals surface area contributed by atoms with Gasteiger partial charge in [0.05, 0.1) is 0 Å². The highest BCUT2D eigenvalue weighted by molar-refractivity contribution is 5.97. The summed E-state index contributed by atoms with van der Waals surface area (Å²) in [4.78, 5) is 8.76. The number of nitrogen functional groups attached to an aromatic ring is 1. The number of anilines is 1. The van der Waals surface area contributed by atoms with Crippen molar-refractivity contribution in [2.24, 2.45) is 17.8 Å². The van der Waals surface area contributed by atoms with Crippen LogP contribution in [0.1, 0.15) is 51.8 Å². The quantitative estimate of drug-likeness (QED) is 0.419. The molecular formula is C22H25F4N5O2. The van der Waals surface area contributed by atoms with Crippen LogP contribution in [0, 0.1) is 17.8 Å². The first-order valence-corrected chi connectivity index (χ1v) is 11.1. The summed E-state index contributed by atoms with van der Waals surface area (Å²) in [5, 5.41) is 4.89. The number of aromatic nitrogens is 4. The number of rotatable bonds is 4. The molecule has 33 heavy (non-hydrogen) atoms. The van der Waals surface area contributed by atoms with Crippen molar-refractivity contribution < 1.29 is 27.0 Å². The van der Waals surface area contributed by atoms with Crippen LogP contribution in [0.15, 0.2) is 12.1 Å². The fourth-order valence-corrected chi connectivity index (χ4v) is 4.99. The number of hydrogen-bond acceptors (Lipinski definition) is 6. The van der Waals surface area contributed by atoms with Crippen molar-refractivity contribution in [1.82, 2.24) is 19.6 Å². The molecule has 11 heteroatoms. The molecule has 1 saturated carbocycles. The number of nitrogens with zero attached hydrogens (tertiary/aromatic N) is 4. The van der Waals surface area contributed by atoms with E-state index in [1.807, 2.05) is 13.8 Å². The minimum Gasteiger partial charge on any atom is -0.395 e. The van der Waals surface area contributed by atoms with Gasteiger partial charge in [0, 0.05) is 24.6 Å². The van der Waals surface area contributed by atoms with Gasteiger partial charge in [-0.2, -0.15) is 4.52 Å². The van der Waals surface area contributed by atoms with Gasteiger partial charge in [-0.15, -0.1) is 13.9 Å². The second kappa shape index (κ2) is 7.59. The molecule has 0 saturated heterocycles. The first-order valence-electron chi connectivity index (χ1n) is 11.1. The maximum atomic E-state index is 14.1. The molecule has 3 heterocycles. The Kier molecular flexibility index (Phi) is 5.06. The lowest BCUT2D eigenvalue weighted by molar-refractivity contribution is -0.286. The summed E-state index contributed by atoms with van der Waals surface area (Å²) in [6.07, 6.45) is -1.28. The molecule has 7 nitrogen and oxygen atoms in total. The van der Waals surface area contributed by atoms with Gasteiger partial charge in [0.25, 0.3) is 0 Å².